The molecule has 6 heteroatoms. The molecule has 1 aromatic heterocycles. The molecule has 2 N–H and O–H groups in total. The first-order chi connectivity index (χ1) is 13.3. The standard InChI is InChI=1S/C22H21N3O3/c1-13-8-10-15(11-9-13)22(3)20(27)25(21(28)24-22)12-18(26)19-14(2)23-17-7-5-4-6-16(17)19/h4-11,23H,12H2,1-3H3,(H,24,28). The number of aromatic amines is 1. The summed E-state index contributed by atoms with van der Waals surface area (Å²) in [7, 11) is 0. The molecule has 1 atom stereocenters. The first-order valence-electron chi connectivity index (χ1n) is 9.13. The maximum absolute atomic E-state index is 13.1. The van der Waals surface area contributed by atoms with Crippen LogP contribution in [-0.4, -0.2) is 34.2 Å². The Balaban J connectivity index is 1.64. The van der Waals surface area contributed by atoms with E-state index in [1.807, 2.05) is 62.4 Å². The van der Waals surface area contributed by atoms with Gasteiger partial charge >= 0.3 is 6.03 Å². The number of aromatic nitrogens is 1. The minimum atomic E-state index is -1.18. The van der Waals surface area contributed by atoms with Crippen LogP contribution in [-0.2, 0) is 10.3 Å². The van der Waals surface area contributed by atoms with Crippen molar-refractivity contribution >= 4 is 28.6 Å². The van der Waals surface area contributed by atoms with Crippen LogP contribution in [0.2, 0.25) is 0 Å². The van der Waals surface area contributed by atoms with Gasteiger partial charge in [-0.3, -0.25) is 14.5 Å². The second-order valence-corrected chi connectivity index (χ2v) is 7.41. The molecule has 3 amide bonds. The highest BCUT2D eigenvalue weighted by atomic mass is 16.2. The molecule has 4 rings (SSSR count). The monoisotopic (exact) mass is 375 g/mol. The van der Waals surface area contributed by atoms with Gasteiger partial charge in [-0.05, 0) is 32.4 Å². The summed E-state index contributed by atoms with van der Waals surface area (Å²) < 4.78 is 0. The maximum atomic E-state index is 13.1. The van der Waals surface area contributed by atoms with Crippen LogP contribution < -0.4 is 5.32 Å². The number of hydrogen-bond acceptors (Lipinski definition) is 3. The topological polar surface area (TPSA) is 82.3 Å². The molecule has 1 aliphatic heterocycles. The molecule has 1 aliphatic rings. The number of Topliss-reactive ketones (excluding diaryl/α,β-unsaturated/α-hetero) is 1. The Morgan fingerprint density at radius 2 is 1.71 bits per heavy atom. The normalized spacial score (nSPS) is 19.3. The number of fused-ring (bicyclic) bond motifs is 1. The van der Waals surface area contributed by atoms with Gasteiger partial charge in [-0.25, -0.2) is 4.79 Å². The van der Waals surface area contributed by atoms with Crippen molar-refractivity contribution < 1.29 is 14.4 Å². The number of H-pyrrole nitrogens is 1. The average molecular weight is 375 g/mol. The lowest BCUT2D eigenvalue weighted by molar-refractivity contribution is -0.130. The van der Waals surface area contributed by atoms with Crippen molar-refractivity contribution in [1.29, 1.82) is 0 Å². The lowest BCUT2D eigenvalue weighted by Gasteiger charge is -2.22. The third kappa shape index (κ3) is 2.69. The Kier molecular flexibility index (Phi) is 4.07. The van der Waals surface area contributed by atoms with E-state index in [9.17, 15) is 14.4 Å². The lowest BCUT2D eigenvalue weighted by atomic mass is 9.91. The molecule has 0 radical (unpaired) electrons. The van der Waals surface area contributed by atoms with E-state index in [1.54, 1.807) is 6.92 Å². The van der Waals surface area contributed by atoms with Crippen molar-refractivity contribution in [3.05, 3.63) is 70.9 Å². The number of carbonyl (C=O) groups excluding carboxylic acids is 3. The minimum Gasteiger partial charge on any atom is -0.358 e. The molecule has 142 valence electrons. The summed E-state index contributed by atoms with van der Waals surface area (Å²) in [5.41, 5.74) is 2.66. The zero-order chi connectivity index (χ0) is 20.1. The van der Waals surface area contributed by atoms with Gasteiger partial charge in [-0.2, -0.15) is 0 Å². The Hall–Kier alpha value is -3.41. The number of aryl methyl sites for hydroxylation is 2. The average Bonchev–Trinajstić information content (AvgIpc) is 3.11. The third-order valence-corrected chi connectivity index (χ3v) is 5.38. The van der Waals surface area contributed by atoms with Crippen molar-refractivity contribution in [2.24, 2.45) is 0 Å². The minimum absolute atomic E-state index is 0.272. The maximum Gasteiger partial charge on any atom is 0.325 e. The number of benzene rings is 2. The number of imide groups is 1. The molecule has 3 aromatic rings. The predicted molar refractivity (Wildman–Crippen MR) is 106 cm³/mol. The fourth-order valence-corrected chi connectivity index (χ4v) is 3.78. The highest BCUT2D eigenvalue weighted by Crippen LogP contribution is 2.30. The molecule has 0 bridgehead atoms. The van der Waals surface area contributed by atoms with E-state index >= 15 is 0 Å². The molecule has 28 heavy (non-hydrogen) atoms. The third-order valence-electron chi connectivity index (χ3n) is 5.38. The molecule has 2 heterocycles. The zero-order valence-electron chi connectivity index (χ0n) is 16.0. The highest BCUT2D eigenvalue weighted by molar-refractivity contribution is 6.15. The Bertz CT molecular complexity index is 1110. The molecule has 0 spiro atoms. The molecular formula is C22H21N3O3. The van der Waals surface area contributed by atoms with Crippen LogP contribution >= 0.6 is 0 Å². The summed E-state index contributed by atoms with van der Waals surface area (Å²) in [6.45, 7) is 5.14. The van der Waals surface area contributed by atoms with Crippen molar-refractivity contribution in [1.82, 2.24) is 15.2 Å². The van der Waals surface area contributed by atoms with Crippen LogP contribution in [0.5, 0.6) is 0 Å². The summed E-state index contributed by atoms with van der Waals surface area (Å²) >= 11 is 0. The van der Waals surface area contributed by atoms with E-state index < -0.39 is 17.5 Å². The first kappa shape index (κ1) is 18.0. The van der Waals surface area contributed by atoms with Gasteiger partial charge in [-0.1, -0.05) is 48.0 Å². The number of ketones is 1. The molecule has 2 aromatic carbocycles. The molecule has 6 nitrogen and oxygen atoms in total. The van der Waals surface area contributed by atoms with E-state index in [2.05, 4.69) is 10.3 Å². The van der Waals surface area contributed by atoms with E-state index in [-0.39, 0.29) is 12.3 Å². The van der Waals surface area contributed by atoms with Crippen molar-refractivity contribution in [2.45, 2.75) is 26.3 Å². The van der Waals surface area contributed by atoms with E-state index in [4.69, 9.17) is 0 Å². The van der Waals surface area contributed by atoms with Crippen LogP contribution in [0, 0.1) is 13.8 Å². The van der Waals surface area contributed by atoms with Crippen molar-refractivity contribution in [2.75, 3.05) is 6.54 Å². The number of rotatable bonds is 4. The SMILES string of the molecule is Cc1ccc(C2(C)NC(=O)N(CC(=O)c3c(C)[nH]c4ccccc34)C2=O)cc1. The van der Waals surface area contributed by atoms with Gasteiger partial charge in [0.15, 0.2) is 5.78 Å². The van der Waals surface area contributed by atoms with Crippen LogP contribution in [0.3, 0.4) is 0 Å². The molecule has 0 saturated carbocycles. The van der Waals surface area contributed by atoms with Crippen LogP contribution in [0.4, 0.5) is 4.79 Å². The largest absolute Gasteiger partial charge is 0.358 e. The van der Waals surface area contributed by atoms with Crippen LogP contribution in [0.1, 0.15) is 34.1 Å². The molecule has 1 fully saturated rings. The van der Waals surface area contributed by atoms with Crippen LogP contribution in [0.15, 0.2) is 48.5 Å². The van der Waals surface area contributed by atoms with E-state index in [0.717, 1.165) is 27.1 Å². The van der Waals surface area contributed by atoms with Crippen LogP contribution in [0.25, 0.3) is 10.9 Å². The Labute approximate surface area is 162 Å². The number of urea groups is 1. The fourth-order valence-electron chi connectivity index (χ4n) is 3.78. The second-order valence-electron chi connectivity index (χ2n) is 7.41. The molecule has 1 saturated heterocycles. The van der Waals surface area contributed by atoms with Crippen molar-refractivity contribution in [3.8, 4) is 0 Å². The summed E-state index contributed by atoms with van der Waals surface area (Å²) in [6, 6.07) is 14.4. The summed E-state index contributed by atoms with van der Waals surface area (Å²) in [5.74, 6) is -0.696. The number of amides is 3. The Morgan fingerprint density at radius 3 is 2.43 bits per heavy atom. The number of para-hydroxylation sites is 1. The fraction of sp³-hybridized carbons (Fsp3) is 0.227. The van der Waals surface area contributed by atoms with E-state index in [0.29, 0.717) is 11.1 Å². The number of nitrogens with one attached hydrogen (secondary N) is 2. The smallest absolute Gasteiger partial charge is 0.325 e. The van der Waals surface area contributed by atoms with Gasteiger partial charge in [0.05, 0.1) is 6.54 Å². The zero-order valence-corrected chi connectivity index (χ0v) is 16.0. The van der Waals surface area contributed by atoms with Gasteiger partial charge in [0, 0.05) is 22.2 Å². The second kappa shape index (κ2) is 6.34. The highest BCUT2D eigenvalue weighted by Gasteiger charge is 2.49. The lowest BCUT2D eigenvalue weighted by Crippen LogP contribution is -2.41. The number of hydrogen-bond donors (Lipinski definition) is 2. The van der Waals surface area contributed by atoms with Gasteiger partial charge in [0.2, 0.25) is 0 Å². The quantitative estimate of drug-likeness (QED) is 0.541. The molecule has 1 unspecified atom stereocenters. The van der Waals surface area contributed by atoms with Gasteiger partial charge in [-0.15, -0.1) is 0 Å². The summed E-state index contributed by atoms with van der Waals surface area (Å²) in [4.78, 5) is 42.8. The first-order valence-corrected chi connectivity index (χ1v) is 9.13. The van der Waals surface area contributed by atoms with Gasteiger partial charge in [0.25, 0.3) is 5.91 Å². The number of nitrogens with zero attached hydrogens (tertiary/aromatic N) is 1. The van der Waals surface area contributed by atoms with Crippen molar-refractivity contribution in [3.63, 3.8) is 0 Å². The number of carbonyl (C=O) groups is 3. The molecule has 0 aliphatic carbocycles. The van der Waals surface area contributed by atoms with Gasteiger partial charge in [0.1, 0.15) is 5.54 Å². The molecular weight excluding hydrogens is 354 g/mol. The van der Waals surface area contributed by atoms with E-state index in [1.165, 1.54) is 0 Å². The van der Waals surface area contributed by atoms with Gasteiger partial charge < -0.3 is 10.3 Å². The summed E-state index contributed by atoms with van der Waals surface area (Å²) in [6.07, 6.45) is 0. The Morgan fingerprint density at radius 1 is 1.04 bits per heavy atom. The predicted octanol–water partition coefficient (Wildman–Crippen LogP) is 3.43. The summed E-state index contributed by atoms with van der Waals surface area (Å²) in [5, 5.41) is 3.54.